The standard InChI is InChI=1S/C20H14Cl2N2O4.OS/c21-13-7-10-17(24-28-18-4-2-1-3-16(18)22)15(11-13)19(25)23-14-8-5-12(6-9-14)20(26)27;1-2/h1-11,24H,(H,23,25)(H,26,27);. The number of halogens is 2. The van der Waals surface area contributed by atoms with E-state index in [1.54, 1.807) is 36.4 Å². The maximum atomic E-state index is 12.7. The molecule has 0 saturated carbocycles. The van der Waals surface area contributed by atoms with Gasteiger partial charge in [-0.25, -0.2) is 10.3 Å². The summed E-state index contributed by atoms with van der Waals surface area (Å²) in [6.07, 6.45) is 0. The first kappa shape index (κ1) is 23.1. The van der Waals surface area contributed by atoms with Crippen LogP contribution in [0.1, 0.15) is 20.7 Å². The Morgan fingerprint density at radius 2 is 1.60 bits per heavy atom. The van der Waals surface area contributed by atoms with Gasteiger partial charge in [-0.1, -0.05) is 35.3 Å². The third kappa shape index (κ3) is 6.15. The van der Waals surface area contributed by atoms with Gasteiger partial charge in [-0.3, -0.25) is 4.79 Å². The number of benzene rings is 3. The monoisotopic (exact) mass is 464 g/mol. The van der Waals surface area contributed by atoms with Crippen LogP contribution < -0.4 is 15.6 Å². The normalized spacial score (nSPS) is 9.67. The summed E-state index contributed by atoms with van der Waals surface area (Å²) in [6, 6.07) is 17.4. The number of para-hydroxylation sites is 1. The Bertz CT molecular complexity index is 1050. The van der Waals surface area contributed by atoms with Crippen molar-refractivity contribution in [2.24, 2.45) is 0 Å². The van der Waals surface area contributed by atoms with Crippen LogP contribution in [0.4, 0.5) is 11.4 Å². The van der Waals surface area contributed by atoms with Crippen molar-refractivity contribution in [2.75, 3.05) is 10.8 Å². The molecule has 0 aromatic heterocycles. The van der Waals surface area contributed by atoms with Gasteiger partial charge in [0.15, 0.2) is 18.3 Å². The maximum Gasteiger partial charge on any atom is 0.335 e. The van der Waals surface area contributed by atoms with E-state index in [1.807, 2.05) is 0 Å². The van der Waals surface area contributed by atoms with Gasteiger partial charge in [0.05, 0.1) is 21.8 Å². The molecule has 0 bridgehead atoms. The number of carbonyl (C=O) groups is 2. The van der Waals surface area contributed by atoms with Crippen LogP contribution in [-0.4, -0.2) is 21.2 Å². The summed E-state index contributed by atoms with van der Waals surface area (Å²) in [6.45, 7) is 0. The number of hydrogen-bond acceptors (Lipinski definition) is 6. The number of carbonyl (C=O) groups excluding carboxylic acids is 1. The third-order valence-corrected chi connectivity index (χ3v) is 4.27. The maximum absolute atomic E-state index is 12.7. The Hall–Kier alpha value is -3.20. The largest absolute Gasteiger partial charge is 0.478 e. The van der Waals surface area contributed by atoms with Crippen LogP contribution in [0.25, 0.3) is 0 Å². The molecular weight excluding hydrogens is 451 g/mol. The fourth-order valence-electron chi connectivity index (χ4n) is 2.33. The van der Waals surface area contributed by atoms with Crippen LogP contribution in [0.2, 0.25) is 10.0 Å². The number of hydrogen-bond donors (Lipinski definition) is 3. The second kappa shape index (κ2) is 11.1. The van der Waals surface area contributed by atoms with Crippen molar-refractivity contribution in [1.29, 1.82) is 0 Å². The average Bonchev–Trinajstić information content (AvgIpc) is 2.75. The highest BCUT2D eigenvalue weighted by Gasteiger charge is 2.14. The number of rotatable bonds is 6. The Morgan fingerprint density at radius 3 is 2.23 bits per heavy atom. The van der Waals surface area contributed by atoms with Gasteiger partial charge in [-0.15, -0.1) is 0 Å². The summed E-state index contributed by atoms with van der Waals surface area (Å²) in [5, 5.41) is 12.4. The highest BCUT2D eigenvalue weighted by molar-refractivity contribution is 7.44. The van der Waals surface area contributed by atoms with Crippen molar-refractivity contribution in [1.82, 2.24) is 0 Å². The van der Waals surface area contributed by atoms with Gasteiger partial charge < -0.3 is 15.3 Å². The molecule has 0 saturated heterocycles. The van der Waals surface area contributed by atoms with E-state index < -0.39 is 11.9 Å². The minimum atomic E-state index is -1.05. The predicted octanol–water partition coefficient (Wildman–Crippen LogP) is 5.01. The molecule has 3 N–H and O–H groups in total. The van der Waals surface area contributed by atoms with E-state index in [2.05, 4.69) is 23.3 Å². The van der Waals surface area contributed by atoms with Crippen molar-refractivity contribution in [2.45, 2.75) is 0 Å². The molecule has 0 aliphatic rings. The first-order valence-electron chi connectivity index (χ1n) is 8.22. The number of nitrogens with one attached hydrogen (secondary N) is 2. The number of aromatic carboxylic acids is 1. The first-order valence-corrected chi connectivity index (χ1v) is 9.31. The topological polar surface area (TPSA) is 105 Å². The smallest absolute Gasteiger partial charge is 0.335 e. The molecule has 0 spiro atoms. The van der Waals surface area contributed by atoms with Gasteiger partial charge in [0, 0.05) is 10.7 Å². The lowest BCUT2D eigenvalue weighted by molar-refractivity contribution is 0.0696. The third-order valence-electron chi connectivity index (χ3n) is 3.72. The second-order valence-electron chi connectivity index (χ2n) is 5.66. The van der Waals surface area contributed by atoms with E-state index in [-0.39, 0.29) is 11.1 Å². The van der Waals surface area contributed by atoms with E-state index in [0.717, 1.165) is 0 Å². The van der Waals surface area contributed by atoms with Crippen LogP contribution in [0.5, 0.6) is 5.75 Å². The molecule has 3 rings (SSSR count). The highest BCUT2D eigenvalue weighted by Crippen LogP contribution is 2.26. The Labute approximate surface area is 187 Å². The lowest BCUT2D eigenvalue weighted by Gasteiger charge is -2.14. The van der Waals surface area contributed by atoms with Gasteiger partial charge >= 0.3 is 5.97 Å². The number of amides is 1. The molecule has 0 atom stereocenters. The van der Waals surface area contributed by atoms with E-state index in [1.165, 1.54) is 30.3 Å². The lowest BCUT2D eigenvalue weighted by atomic mass is 10.1. The molecule has 0 unspecified atom stereocenters. The highest BCUT2D eigenvalue weighted by atomic mass is 35.5. The van der Waals surface area contributed by atoms with Crippen molar-refractivity contribution in [3.05, 3.63) is 87.9 Å². The summed E-state index contributed by atoms with van der Waals surface area (Å²) in [5.41, 5.74) is 3.88. The summed E-state index contributed by atoms with van der Waals surface area (Å²) in [7, 11) is 0. The Morgan fingerprint density at radius 1 is 0.933 bits per heavy atom. The summed E-state index contributed by atoms with van der Waals surface area (Å²) in [5.74, 6) is -1.10. The minimum Gasteiger partial charge on any atom is -0.478 e. The Balaban J connectivity index is 0.00000155. The molecule has 10 heteroatoms. The summed E-state index contributed by atoms with van der Waals surface area (Å²) < 4.78 is 7.83. The van der Waals surface area contributed by atoms with E-state index in [4.69, 9.17) is 37.4 Å². The molecule has 0 heterocycles. The molecular formula is C20H14Cl2N2O5S. The van der Waals surface area contributed by atoms with Crippen LogP contribution in [-0.2, 0) is 12.5 Å². The fraction of sp³-hybridized carbons (Fsp3) is 0. The number of carboxylic acids is 1. The van der Waals surface area contributed by atoms with Gasteiger partial charge in [-0.05, 0) is 54.6 Å². The SMILES string of the molecule is O=C(O)c1ccc(NC(=O)c2cc(Cl)ccc2NOc2ccccc2Cl)cc1.O=S. The van der Waals surface area contributed by atoms with Crippen molar-refractivity contribution >= 4 is 59.0 Å². The van der Waals surface area contributed by atoms with Gasteiger partial charge in [0.25, 0.3) is 5.91 Å². The summed E-state index contributed by atoms with van der Waals surface area (Å²) in [4.78, 5) is 29.1. The molecule has 3 aromatic rings. The number of carboxylic acid groups (broad SMARTS) is 1. The predicted molar refractivity (Wildman–Crippen MR) is 117 cm³/mol. The van der Waals surface area contributed by atoms with Crippen LogP contribution in [0.3, 0.4) is 0 Å². The molecule has 0 aliphatic carbocycles. The van der Waals surface area contributed by atoms with Crippen LogP contribution in [0.15, 0.2) is 66.7 Å². The number of anilines is 2. The molecule has 3 aromatic carbocycles. The van der Waals surface area contributed by atoms with Crippen molar-refractivity contribution in [3.63, 3.8) is 0 Å². The first-order chi connectivity index (χ1) is 14.4. The second-order valence-corrected chi connectivity index (χ2v) is 6.50. The molecule has 0 fully saturated rings. The zero-order valence-corrected chi connectivity index (χ0v) is 17.4. The zero-order valence-electron chi connectivity index (χ0n) is 15.1. The van der Waals surface area contributed by atoms with E-state index >= 15 is 0 Å². The fourth-order valence-corrected chi connectivity index (χ4v) is 2.67. The van der Waals surface area contributed by atoms with Crippen molar-refractivity contribution < 1.29 is 23.7 Å². The molecule has 30 heavy (non-hydrogen) atoms. The van der Waals surface area contributed by atoms with E-state index in [9.17, 15) is 9.59 Å². The van der Waals surface area contributed by atoms with E-state index in [0.29, 0.717) is 27.2 Å². The van der Waals surface area contributed by atoms with Gasteiger partial charge in [-0.2, -0.15) is 4.21 Å². The molecule has 1 amide bonds. The van der Waals surface area contributed by atoms with Crippen LogP contribution >= 0.6 is 23.2 Å². The zero-order chi connectivity index (χ0) is 22.1. The lowest BCUT2D eigenvalue weighted by Crippen LogP contribution is -2.16. The Kier molecular flexibility index (Phi) is 8.54. The average molecular weight is 465 g/mol. The van der Waals surface area contributed by atoms with Crippen molar-refractivity contribution in [3.8, 4) is 5.75 Å². The minimum absolute atomic E-state index is 0.122. The molecule has 0 aliphatic heterocycles. The quantitative estimate of drug-likeness (QED) is 0.440. The molecule has 7 nitrogen and oxygen atoms in total. The molecule has 154 valence electrons. The van der Waals surface area contributed by atoms with Gasteiger partial charge in [0.2, 0.25) is 0 Å². The van der Waals surface area contributed by atoms with Crippen LogP contribution in [0, 0.1) is 0 Å². The summed E-state index contributed by atoms with van der Waals surface area (Å²) >= 11 is 14.9. The van der Waals surface area contributed by atoms with Gasteiger partial charge in [0.1, 0.15) is 0 Å². The molecule has 0 radical (unpaired) electrons.